The van der Waals surface area contributed by atoms with E-state index in [4.69, 9.17) is 0 Å². The molecule has 8 heavy (non-hydrogen) atoms. The van der Waals surface area contributed by atoms with E-state index in [1.807, 2.05) is 0 Å². The second kappa shape index (κ2) is 7.50. The molecule has 0 fully saturated rings. The van der Waals surface area contributed by atoms with Gasteiger partial charge in [-0.3, -0.25) is 0 Å². The number of rotatable bonds is 3. The van der Waals surface area contributed by atoms with Crippen molar-refractivity contribution in [2.75, 3.05) is 0 Å². The van der Waals surface area contributed by atoms with E-state index in [0.717, 1.165) is 0 Å². The standard InChI is InChI=1S/BF3O3.Mg.2H/c2-5-1(6-3)7-4;;;/q;+2;2*-1. The first kappa shape index (κ1) is 11.3. The average Bonchev–Trinajstić information content (AvgIpc) is 1.72. The molecule has 0 rings (SSSR count). The maximum atomic E-state index is 10.4. The Labute approximate surface area is 62.1 Å². The van der Waals surface area contributed by atoms with Crippen molar-refractivity contribution in [1.82, 2.24) is 0 Å². The minimum atomic E-state index is -2.51. The van der Waals surface area contributed by atoms with Gasteiger partial charge < -0.3 is 2.85 Å². The van der Waals surface area contributed by atoms with Crippen molar-refractivity contribution < 1.29 is 31.0 Å². The smallest absolute Gasteiger partial charge is 1.00 e. The van der Waals surface area contributed by atoms with Gasteiger partial charge >= 0.3 is 30.4 Å². The monoisotopic (exact) mass is 142 g/mol. The third-order valence-corrected chi connectivity index (χ3v) is 0.218. The number of halogens is 3. The molecule has 0 saturated heterocycles. The van der Waals surface area contributed by atoms with Gasteiger partial charge in [0.2, 0.25) is 0 Å². The third kappa shape index (κ3) is 4.65. The molecule has 0 saturated carbocycles. The molecule has 0 radical (unpaired) electrons. The Kier molecular flexibility index (Phi) is 10.6. The van der Waals surface area contributed by atoms with E-state index in [-0.39, 0.29) is 25.9 Å². The van der Waals surface area contributed by atoms with Crippen LogP contribution in [0.5, 0.6) is 0 Å². The van der Waals surface area contributed by atoms with E-state index in [2.05, 4.69) is 14.6 Å². The molecule has 0 amide bonds. The van der Waals surface area contributed by atoms with Gasteiger partial charge in [0.1, 0.15) is 0 Å². The van der Waals surface area contributed by atoms with Crippen LogP contribution in [0.4, 0.5) is 13.6 Å². The van der Waals surface area contributed by atoms with Crippen molar-refractivity contribution >= 4 is 30.4 Å². The fourth-order valence-electron chi connectivity index (χ4n) is 0.0412. The summed E-state index contributed by atoms with van der Waals surface area (Å²) in [6.07, 6.45) is 0. The summed E-state index contributed by atoms with van der Waals surface area (Å²) in [4.78, 5) is 7.06. The molecule has 0 aliphatic carbocycles. The predicted octanol–water partition coefficient (Wildman–Crippen LogP) is 0.519. The molecule has 0 unspecified atom stereocenters. The van der Waals surface area contributed by atoms with Crippen LogP contribution >= 0.6 is 0 Å². The minimum absolute atomic E-state index is 0. The quantitative estimate of drug-likeness (QED) is 0.537. The van der Waals surface area contributed by atoms with Crippen molar-refractivity contribution in [2.24, 2.45) is 0 Å². The van der Waals surface area contributed by atoms with Gasteiger partial charge in [0, 0.05) is 0 Å². The summed E-state index contributed by atoms with van der Waals surface area (Å²) in [5.41, 5.74) is 0. The molecule has 0 bridgehead atoms. The van der Waals surface area contributed by atoms with Crippen LogP contribution in [0.15, 0.2) is 0 Å². The van der Waals surface area contributed by atoms with E-state index in [9.17, 15) is 13.6 Å². The normalized spacial score (nSPS) is 7.88. The molecule has 0 N–H and O–H groups in total. The molecule has 0 atom stereocenters. The van der Waals surface area contributed by atoms with Gasteiger partial charge in [-0.1, -0.05) is 13.6 Å². The largest absolute Gasteiger partial charge is 2.00 e. The zero-order valence-electron chi connectivity index (χ0n) is 5.64. The van der Waals surface area contributed by atoms with Gasteiger partial charge in [-0.25, -0.2) is 0 Å². The molecule has 0 aliphatic heterocycles. The van der Waals surface area contributed by atoms with Crippen molar-refractivity contribution in [2.45, 2.75) is 0 Å². The first-order valence-corrected chi connectivity index (χ1v) is 1.17. The van der Waals surface area contributed by atoms with Gasteiger partial charge in [0.25, 0.3) is 0 Å². The zero-order valence-corrected chi connectivity index (χ0v) is 5.06. The summed E-state index contributed by atoms with van der Waals surface area (Å²) < 4.78 is 31.3. The van der Waals surface area contributed by atoms with E-state index in [1.54, 1.807) is 0 Å². The average molecular weight is 142 g/mol. The summed E-state index contributed by atoms with van der Waals surface area (Å²) in [6, 6.07) is 0. The molecule has 0 heterocycles. The van der Waals surface area contributed by atoms with Crippen LogP contribution in [0, 0.1) is 0 Å². The summed E-state index contributed by atoms with van der Waals surface area (Å²) in [5.74, 6) is 0. The minimum Gasteiger partial charge on any atom is -1.00 e. The second-order valence-electron chi connectivity index (χ2n) is 0.556. The van der Waals surface area contributed by atoms with E-state index in [0.29, 0.717) is 0 Å². The molecule has 0 aromatic carbocycles. The maximum Gasteiger partial charge on any atom is 2.00 e. The Morgan fingerprint density at radius 2 is 1.25 bits per heavy atom. The van der Waals surface area contributed by atoms with Gasteiger partial charge in [-0.05, 0) is 0 Å². The van der Waals surface area contributed by atoms with Crippen LogP contribution in [-0.2, 0) is 14.6 Å². The fraction of sp³-hybridized carbons (Fsp3) is 0. The Balaban J connectivity index is -0.0000000600. The molecule has 3 nitrogen and oxygen atoms in total. The van der Waals surface area contributed by atoms with E-state index >= 15 is 0 Å². The Morgan fingerprint density at radius 1 is 1.00 bits per heavy atom. The van der Waals surface area contributed by atoms with Crippen LogP contribution in [0.25, 0.3) is 0 Å². The fourth-order valence-corrected chi connectivity index (χ4v) is 0.0412. The van der Waals surface area contributed by atoms with Crippen molar-refractivity contribution in [3.05, 3.63) is 0 Å². The molecule has 8 heteroatoms. The van der Waals surface area contributed by atoms with Gasteiger partial charge in [-0.15, -0.1) is 0 Å². The Hall–Kier alpha value is 0.501. The third-order valence-electron chi connectivity index (χ3n) is 0.218. The number of hydrogen-bond donors (Lipinski definition) is 0. The molecule has 0 spiro atoms. The molecule has 46 valence electrons. The summed E-state index contributed by atoms with van der Waals surface area (Å²) in [5, 5.41) is 0. The van der Waals surface area contributed by atoms with Crippen LogP contribution in [0.1, 0.15) is 2.85 Å². The van der Waals surface area contributed by atoms with Crippen molar-refractivity contribution in [3.63, 3.8) is 0 Å². The van der Waals surface area contributed by atoms with Gasteiger partial charge in [0.05, 0.1) is 0 Å². The maximum absolute atomic E-state index is 10.4. The van der Waals surface area contributed by atoms with Gasteiger partial charge in [0.15, 0.2) is 0 Å². The molecule has 0 aliphatic rings. The molecular weight excluding hydrogens is 140 g/mol. The second-order valence-corrected chi connectivity index (χ2v) is 0.556. The van der Waals surface area contributed by atoms with E-state index in [1.165, 1.54) is 0 Å². The predicted molar refractivity (Wildman–Crippen MR) is 20.3 cm³/mol. The first-order valence-electron chi connectivity index (χ1n) is 1.17. The molecular formula is H2BF3MgO3. The van der Waals surface area contributed by atoms with Crippen LogP contribution in [0.3, 0.4) is 0 Å². The van der Waals surface area contributed by atoms with Crippen molar-refractivity contribution in [1.29, 1.82) is 0 Å². The van der Waals surface area contributed by atoms with Crippen LogP contribution < -0.4 is 0 Å². The van der Waals surface area contributed by atoms with Crippen LogP contribution in [0.2, 0.25) is 0 Å². The zero-order chi connectivity index (χ0) is 5.70. The summed E-state index contributed by atoms with van der Waals surface area (Å²) in [6.45, 7) is 0. The molecule has 0 aromatic rings. The SMILES string of the molecule is FOB(OF)OF.[H-].[H-].[Mg+2]. The summed E-state index contributed by atoms with van der Waals surface area (Å²) in [7, 11) is -2.51. The Bertz CT molecular complexity index is 43.2. The van der Waals surface area contributed by atoms with Crippen LogP contribution in [-0.4, -0.2) is 30.4 Å². The first-order chi connectivity index (χ1) is 3.35. The van der Waals surface area contributed by atoms with Crippen molar-refractivity contribution in [3.8, 4) is 0 Å². The molecule has 0 aromatic heterocycles. The topological polar surface area (TPSA) is 27.7 Å². The van der Waals surface area contributed by atoms with E-state index < -0.39 is 7.32 Å². The summed E-state index contributed by atoms with van der Waals surface area (Å²) >= 11 is 0. The number of hydrogen-bond acceptors (Lipinski definition) is 3. The van der Waals surface area contributed by atoms with Gasteiger partial charge in [-0.2, -0.15) is 14.6 Å². The Morgan fingerprint density at radius 3 is 1.25 bits per heavy atom.